The van der Waals surface area contributed by atoms with E-state index in [2.05, 4.69) is 197 Å². The SMILES string of the molecule is BrCCc1cccc2ccccc12.CCBr.CCCCCCCCCCCC[n+]1cn(CCc2cccc3ccccc23)c2c1C(=O)c1ccccc1C2=O.CCCCCCCCCCCC[n+]1cn(CCc2cccc3ccccc23)c2c1C(=O)c1ccccc1C2=O.CCn1cnc2c1C(=O)c1ccccc1C2=O.O=C1c2ccccc2C(=O)c2[nH]cnc21.[Br-].[Br-]. The minimum atomic E-state index is -0.193. The molecule has 0 bridgehead atoms. The Bertz CT molecular complexity index is 5930. The number of carbonyl (C=O) groups is 8. The summed E-state index contributed by atoms with van der Waals surface area (Å²) in [6, 6.07) is 72.8. The molecule has 0 saturated carbocycles. The molecule has 18 rings (SSSR count). The van der Waals surface area contributed by atoms with Crippen LogP contribution < -0.4 is 43.1 Å². The molecule has 4 aliphatic rings. The predicted octanol–water partition coefficient (Wildman–Crippen LogP) is 17.8. The summed E-state index contributed by atoms with van der Waals surface area (Å²) >= 11 is 6.62. The van der Waals surface area contributed by atoms with Gasteiger partial charge in [0.15, 0.2) is 0 Å². The number of benzene rings is 10. The van der Waals surface area contributed by atoms with Crippen LogP contribution >= 0.6 is 31.9 Å². The van der Waals surface area contributed by atoms with E-state index in [9.17, 15) is 38.4 Å². The summed E-state index contributed by atoms with van der Waals surface area (Å²) in [6.45, 7) is 11.9. The van der Waals surface area contributed by atoms with Crippen LogP contribution in [0.4, 0.5) is 0 Å². The van der Waals surface area contributed by atoms with E-state index in [1.54, 1.807) is 83.7 Å². The van der Waals surface area contributed by atoms with E-state index in [4.69, 9.17) is 0 Å². The zero-order valence-corrected chi connectivity index (χ0v) is 80.1. The van der Waals surface area contributed by atoms with Crippen molar-refractivity contribution in [3.63, 3.8) is 0 Å². The number of nitrogens with one attached hydrogen (secondary N) is 1. The largest absolute Gasteiger partial charge is 1.00 e. The molecule has 4 aromatic heterocycles. The molecule has 662 valence electrons. The lowest BCUT2D eigenvalue weighted by molar-refractivity contribution is -0.698. The van der Waals surface area contributed by atoms with Crippen LogP contribution in [0.5, 0.6) is 0 Å². The summed E-state index contributed by atoms with van der Waals surface area (Å²) in [7, 11) is 0. The van der Waals surface area contributed by atoms with Gasteiger partial charge in [0.05, 0.1) is 38.8 Å². The number of fused-ring (bicyclic) bond motifs is 11. The van der Waals surface area contributed by atoms with Crippen molar-refractivity contribution in [1.29, 1.82) is 0 Å². The lowest BCUT2D eigenvalue weighted by atomic mass is 9.89. The highest BCUT2D eigenvalue weighted by Gasteiger charge is 2.43. The summed E-state index contributed by atoms with van der Waals surface area (Å²) in [5.41, 5.74) is 11.2. The zero-order chi connectivity index (χ0) is 88.3. The smallest absolute Gasteiger partial charge is 0.244 e. The number of hydrogen-bond acceptors (Lipinski definition) is 10. The van der Waals surface area contributed by atoms with Crippen molar-refractivity contribution < 1.29 is 81.5 Å². The second-order valence-corrected chi connectivity index (χ2v) is 34.5. The lowest BCUT2D eigenvalue weighted by Crippen LogP contribution is -3.00. The Labute approximate surface area is 789 Å². The van der Waals surface area contributed by atoms with E-state index >= 15 is 0 Å². The van der Waals surface area contributed by atoms with Crippen LogP contribution in [0.2, 0.25) is 0 Å². The zero-order valence-electron chi connectivity index (χ0n) is 73.8. The molecule has 10 aromatic carbocycles. The molecule has 0 saturated heterocycles. The number of aromatic amines is 1. The van der Waals surface area contributed by atoms with Crippen LogP contribution in [0.3, 0.4) is 0 Å². The number of halogens is 4. The van der Waals surface area contributed by atoms with Crippen LogP contribution in [0, 0.1) is 0 Å². The van der Waals surface area contributed by atoms with Gasteiger partial charge in [-0.05, 0) is 88.0 Å². The van der Waals surface area contributed by atoms with E-state index in [1.165, 1.54) is 158 Å². The normalized spacial score (nSPS) is 12.3. The Kier molecular flexibility index (Phi) is 37.4. The molecular formula is C108H114Br4N8O8. The number of aryl methyl sites for hydroxylation is 8. The monoisotopic (exact) mass is 1970 g/mol. The van der Waals surface area contributed by atoms with Crippen molar-refractivity contribution >= 4 is 110 Å². The Balaban J connectivity index is 0.000000164. The van der Waals surface area contributed by atoms with Gasteiger partial charge in [0, 0.05) is 74.6 Å². The van der Waals surface area contributed by atoms with E-state index in [0.717, 1.165) is 68.7 Å². The van der Waals surface area contributed by atoms with Gasteiger partial charge >= 0.3 is 0 Å². The molecule has 4 aliphatic carbocycles. The number of rotatable bonds is 31. The second-order valence-electron chi connectivity index (χ2n) is 32.6. The third kappa shape index (κ3) is 23.2. The Morgan fingerprint density at radius 3 is 0.984 bits per heavy atom. The van der Waals surface area contributed by atoms with E-state index in [1.807, 2.05) is 59.9 Å². The first-order valence-corrected chi connectivity index (χ1v) is 47.6. The first-order chi connectivity index (χ1) is 61.7. The minimum Gasteiger partial charge on any atom is -1.00 e. The fourth-order valence-corrected chi connectivity index (χ4v) is 18.0. The molecule has 0 fully saturated rings. The topological polar surface area (TPSA) is 201 Å². The molecule has 128 heavy (non-hydrogen) atoms. The quantitative estimate of drug-likeness (QED) is 0.0248. The number of alkyl halides is 2. The van der Waals surface area contributed by atoms with Gasteiger partial charge in [-0.15, -0.1) is 0 Å². The Hall–Kier alpha value is -10.9. The van der Waals surface area contributed by atoms with Crippen molar-refractivity contribution in [3.8, 4) is 0 Å². The van der Waals surface area contributed by atoms with Crippen LogP contribution in [0.25, 0.3) is 32.3 Å². The van der Waals surface area contributed by atoms with Gasteiger partial charge < -0.3 is 43.5 Å². The molecule has 14 aromatic rings. The van der Waals surface area contributed by atoms with Crippen molar-refractivity contribution in [2.45, 2.75) is 208 Å². The number of ketones is 8. The molecule has 0 aliphatic heterocycles. The lowest BCUT2D eigenvalue weighted by Gasteiger charge is -2.14. The molecule has 4 heterocycles. The number of hydrogen-bond donors (Lipinski definition) is 1. The fraction of sp³-hybridized carbons (Fsp3) is 0.315. The summed E-state index contributed by atoms with van der Waals surface area (Å²) in [6.07, 6.45) is 35.1. The molecule has 20 heteroatoms. The highest BCUT2D eigenvalue weighted by molar-refractivity contribution is 9.09. The van der Waals surface area contributed by atoms with Gasteiger partial charge in [0.25, 0.3) is 0 Å². The first-order valence-electron chi connectivity index (χ1n) is 45.3. The number of aromatic nitrogens is 8. The maximum atomic E-state index is 13.7. The van der Waals surface area contributed by atoms with E-state index in [0.29, 0.717) is 98.3 Å². The highest BCUT2D eigenvalue weighted by atomic mass is 79.9. The van der Waals surface area contributed by atoms with Crippen molar-refractivity contribution in [2.24, 2.45) is 0 Å². The second kappa shape index (κ2) is 49.0. The van der Waals surface area contributed by atoms with Crippen molar-refractivity contribution in [3.05, 3.63) is 357 Å². The number of nitrogens with zero attached hydrogens (tertiary/aromatic N) is 7. The van der Waals surface area contributed by atoms with Gasteiger partial charge in [-0.3, -0.25) is 38.4 Å². The number of unbranched alkanes of at least 4 members (excludes halogenated alkanes) is 18. The standard InChI is InChI=1S/2C35H41N2O2.C13H10N2O2.C12H11Br.C11H6N2O2.C2H5Br.2BrH/c2*1-2-3-4-5-6-7-8-9-10-15-24-36-26-37(25-23-28-19-16-18-27-17-11-12-20-29(27)28)33-32(36)34(38)30-21-13-14-22-31(30)35(33)39;1-2-15-7-14-10-11(15)13(17)9-6-4-3-5-8(9)12(10)16;13-9-8-11-6-3-5-10-4-1-2-7-12(10)11;14-10-6-3-1-2-4-7(6)11(15)9-8(10)12-5-13-9;1-2-3;;/h2*11-14,16-22,26H,2-10,15,23-25H2,1H3;3-7H,2H2,1H3;1-7H,8-9H2;1-5H,(H,12,13);2H2,1H3;2*1H/q2*+1;;;;;;/p-2. The predicted molar refractivity (Wildman–Crippen MR) is 509 cm³/mol. The summed E-state index contributed by atoms with van der Waals surface area (Å²) in [5, 5.41) is 9.74. The van der Waals surface area contributed by atoms with Gasteiger partial charge in [0.1, 0.15) is 22.8 Å². The van der Waals surface area contributed by atoms with Crippen molar-refractivity contribution in [1.82, 2.24) is 28.7 Å². The number of H-pyrrole nitrogens is 1. The average Bonchev–Trinajstić information content (AvgIpc) is 1.58. The third-order valence-corrected chi connectivity index (χ3v) is 24.5. The molecule has 0 radical (unpaired) electrons. The van der Waals surface area contributed by atoms with Crippen LogP contribution in [0.1, 0.15) is 301 Å². The Morgan fingerprint density at radius 1 is 0.312 bits per heavy atom. The van der Waals surface area contributed by atoms with Crippen molar-refractivity contribution in [2.75, 3.05) is 10.7 Å². The summed E-state index contributed by atoms with van der Waals surface area (Å²) < 4.78 is 9.89. The van der Waals surface area contributed by atoms with Crippen LogP contribution in [-0.4, -0.2) is 85.6 Å². The maximum Gasteiger partial charge on any atom is 0.244 e. The maximum absolute atomic E-state index is 13.7. The van der Waals surface area contributed by atoms with Gasteiger partial charge in [0.2, 0.25) is 81.7 Å². The first kappa shape index (κ1) is 97.7. The summed E-state index contributed by atoms with van der Waals surface area (Å²) in [4.78, 5) is 113. The van der Waals surface area contributed by atoms with Gasteiger partial charge in [-0.2, -0.15) is 0 Å². The molecule has 0 amide bonds. The fourth-order valence-electron chi connectivity index (χ4n) is 17.6. The van der Waals surface area contributed by atoms with Crippen LogP contribution in [0.15, 0.2) is 250 Å². The molecule has 0 unspecified atom stereocenters. The third-order valence-electron chi connectivity index (χ3n) is 24.1. The van der Waals surface area contributed by atoms with Gasteiger partial charge in [-0.1, -0.05) is 380 Å². The highest BCUT2D eigenvalue weighted by Crippen LogP contribution is 2.33. The van der Waals surface area contributed by atoms with E-state index in [-0.39, 0.29) is 91.6 Å². The average molecular weight is 1970 g/mol. The molecular weight excluding hydrogens is 1860 g/mol. The molecule has 0 atom stereocenters. The number of carbonyl (C=O) groups excluding carboxylic acids is 8. The van der Waals surface area contributed by atoms with Crippen LogP contribution in [-0.2, 0) is 52.0 Å². The van der Waals surface area contributed by atoms with Gasteiger partial charge in [-0.25, -0.2) is 28.2 Å². The molecule has 16 nitrogen and oxygen atoms in total. The molecule has 1 N–H and O–H groups in total. The summed E-state index contributed by atoms with van der Waals surface area (Å²) in [5.74, 6) is -0.789. The number of imidazole rings is 4. The van der Waals surface area contributed by atoms with E-state index < -0.39 is 0 Å². The Morgan fingerprint density at radius 2 is 0.617 bits per heavy atom. The molecule has 0 spiro atoms. The minimum absolute atomic E-state index is 0.